The lowest BCUT2D eigenvalue weighted by molar-refractivity contribution is 0.223. The Kier molecular flexibility index (Phi) is 5.16. The first-order chi connectivity index (χ1) is 7.95. The van der Waals surface area contributed by atoms with E-state index in [0.29, 0.717) is 18.5 Å². The van der Waals surface area contributed by atoms with E-state index in [1.165, 1.54) is 16.7 Å². The van der Waals surface area contributed by atoms with Crippen molar-refractivity contribution in [1.82, 2.24) is 4.90 Å². The molecule has 0 aliphatic carbocycles. The average Bonchev–Trinajstić information content (AvgIpc) is 2.23. The van der Waals surface area contributed by atoms with Gasteiger partial charge in [-0.3, -0.25) is 4.90 Å². The van der Waals surface area contributed by atoms with Crippen LogP contribution >= 0.6 is 0 Å². The Morgan fingerprint density at radius 1 is 1.18 bits per heavy atom. The van der Waals surface area contributed by atoms with Gasteiger partial charge in [-0.25, -0.2) is 0 Å². The SMILES string of the molecule is Cc1ccc(C(CN)N(C)CC(C)C)cc1C. The highest BCUT2D eigenvalue weighted by Gasteiger charge is 2.16. The summed E-state index contributed by atoms with van der Waals surface area (Å²) < 4.78 is 0. The Bertz CT molecular complexity index is 358. The van der Waals surface area contributed by atoms with Gasteiger partial charge in [0.15, 0.2) is 0 Å². The molecule has 1 aromatic carbocycles. The van der Waals surface area contributed by atoms with Crippen LogP contribution in [0.1, 0.15) is 36.6 Å². The number of hydrogen-bond acceptors (Lipinski definition) is 2. The van der Waals surface area contributed by atoms with E-state index < -0.39 is 0 Å². The molecule has 2 nitrogen and oxygen atoms in total. The molecule has 0 saturated heterocycles. The molecular formula is C15H26N2. The van der Waals surface area contributed by atoms with E-state index >= 15 is 0 Å². The quantitative estimate of drug-likeness (QED) is 0.849. The van der Waals surface area contributed by atoms with Crippen molar-refractivity contribution in [1.29, 1.82) is 0 Å². The molecule has 0 heterocycles. The summed E-state index contributed by atoms with van der Waals surface area (Å²) in [5.74, 6) is 0.667. The number of benzene rings is 1. The summed E-state index contributed by atoms with van der Waals surface area (Å²) in [6, 6.07) is 6.99. The van der Waals surface area contributed by atoms with Crippen LogP contribution in [0.3, 0.4) is 0 Å². The zero-order valence-corrected chi connectivity index (χ0v) is 11.8. The van der Waals surface area contributed by atoms with Crippen molar-refractivity contribution in [3.63, 3.8) is 0 Å². The van der Waals surface area contributed by atoms with Crippen LogP contribution in [-0.4, -0.2) is 25.0 Å². The molecule has 17 heavy (non-hydrogen) atoms. The summed E-state index contributed by atoms with van der Waals surface area (Å²) in [5, 5.41) is 0. The van der Waals surface area contributed by atoms with Gasteiger partial charge in [0, 0.05) is 19.1 Å². The third-order valence-electron chi connectivity index (χ3n) is 3.32. The van der Waals surface area contributed by atoms with Gasteiger partial charge in [-0.05, 0) is 43.5 Å². The average molecular weight is 234 g/mol. The van der Waals surface area contributed by atoms with Crippen molar-refractivity contribution in [2.24, 2.45) is 11.7 Å². The maximum atomic E-state index is 5.93. The first kappa shape index (κ1) is 14.2. The Morgan fingerprint density at radius 3 is 2.29 bits per heavy atom. The minimum absolute atomic E-state index is 0.330. The number of nitrogens with zero attached hydrogens (tertiary/aromatic N) is 1. The van der Waals surface area contributed by atoms with E-state index in [1.807, 2.05) is 0 Å². The second-order valence-electron chi connectivity index (χ2n) is 5.43. The number of aryl methyl sites for hydroxylation is 2. The predicted octanol–water partition coefficient (Wildman–Crippen LogP) is 2.89. The molecule has 2 heteroatoms. The minimum Gasteiger partial charge on any atom is -0.329 e. The molecule has 0 amide bonds. The first-order valence-corrected chi connectivity index (χ1v) is 6.43. The molecule has 0 aromatic heterocycles. The predicted molar refractivity (Wildman–Crippen MR) is 75.2 cm³/mol. The molecule has 0 fully saturated rings. The van der Waals surface area contributed by atoms with Crippen molar-refractivity contribution >= 4 is 0 Å². The molecule has 96 valence electrons. The summed E-state index contributed by atoms with van der Waals surface area (Å²) in [4.78, 5) is 2.36. The topological polar surface area (TPSA) is 29.3 Å². The van der Waals surface area contributed by atoms with Crippen LogP contribution in [0.4, 0.5) is 0 Å². The largest absolute Gasteiger partial charge is 0.329 e. The maximum absolute atomic E-state index is 5.93. The van der Waals surface area contributed by atoms with E-state index in [1.54, 1.807) is 0 Å². The highest BCUT2D eigenvalue weighted by atomic mass is 15.1. The molecule has 0 bridgehead atoms. The van der Waals surface area contributed by atoms with Crippen LogP contribution in [0, 0.1) is 19.8 Å². The molecule has 0 saturated carbocycles. The number of hydrogen-bond donors (Lipinski definition) is 1. The van der Waals surface area contributed by atoms with Gasteiger partial charge >= 0.3 is 0 Å². The summed E-state index contributed by atoms with van der Waals surface area (Å²) >= 11 is 0. The fourth-order valence-corrected chi connectivity index (χ4v) is 2.25. The lowest BCUT2D eigenvalue weighted by Gasteiger charge is -2.29. The molecule has 1 atom stereocenters. The molecule has 1 unspecified atom stereocenters. The Morgan fingerprint density at radius 2 is 1.82 bits per heavy atom. The van der Waals surface area contributed by atoms with Crippen LogP contribution < -0.4 is 5.73 Å². The normalized spacial score (nSPS) is 13.4. The zero-order chi connectivity index (χ0) is 13.0. The van der Waals surface area contributed by atoms with Crippen LogP contribution in [0.25, 0.3) is 0 Å². The second-order valence-corrected chi connectivity index (χ2v) is 5.43. The fourth-order valence-electron chi connectivity index (χ4n) is 2.25. The van der Waals surface area contributed by atoms with Crippen molar-refractivity contribution in [2.75, 3.05) is 20.1 Å². The van der Waals surface area contributed by atoms with E-state index in [4.69, 9.17) is 5.73 Å². The number of likely N-dealkylation sites (N-methyl/N-ethyl adjacent to an activating group) is 1. The maximum Gasteiger partial charge on any atom is 0.0467 e. The molecule has 0 aliphatic rings. The van der Waals surface area contributed by atoms with Crippen LogP contribution in [0.15, 0.2) is 18.2 Å². The van der Waals surface area contributed by atoms with Crippen molar-refractivity contribution < 1.29 is 0 Å². The van der Waals surface area contributed by atoms with Crippen molar-refractivity contribution in [3.05, 3.63) is 34.9 Å². The molecule has 0 radical (unpaired) electrons. The summed E-state index contributed by atoms with van der Waals surface area (Å²) in [5.41, 5.74) is 9.95. The second kappa shape index (κ2) is 6.18. The monoisotopic (exact) mass is 234 g/mol. The highest BCUT2D eigenvalue weighted by molar-refractivity contribution is 5.31. The summed E-state index contributed by atoms with van der Waals surface area (Å²) in [7, 11) is 2.16. The third kappa shape index (κ3) is 3.83. The highest BCUT2D eigenvalue weighted by Crippen LogP contribution is 2.21. The lowest BCUT2D eigenvalue weighted by atomic mass is 9.99. The van der Waals surface area contributed by atoms with Gasteiger partial charge in [-0.1, -0.05) is 32.0 Å². The summed E-state index contributed by atoms with van der Waals surface area (Å²) in [6.07, 6.45) is 0. The molecule has 0 aliphatic heterocycles. The van der Waals surface area contributed by atoms with E-state index in [9.17, 15) is 0 Å². The van der Waals surface area contributed by atoms with Gasteiger partial charge < -0.3 is 5.73 Å². The number of nitrogens with two attached hydrogens (primary N) is 1. The van der Waals surface area contributed by atoms with Gasteiger partial charge in [0.2, 0.25) is 0 Å². The Hall–Kier alpha value is -0.860. The third-order valence-corrected chi connectivity index (χ3v) is 3.32. The van der Waals surface area contributed by atoms with Gasteiger partial charge in [-0.15, -0.1) is 0 Å². The zero-order valence-electron chi connectivity index (χ0n) is 11.8. The Balaban J connectivity index is 2.89. The van der Waals surface area contributed by atoms with Gasteiger partial charge in [0.05, 0.1) is 0 Å². The molecule has 1 aromatic rings. The van der Waals surface area contributed by atoms with E-state index in [-0.39, 0.29) is 0 Å². The molecule has 2 N–H and O–H groups in total. The number of rotatable bonds is 5. The van der Waals surface area contributed by atoms with Crippen LogP contribution in [-0.2, 0) is 0 Å². The molecule has 0 spiro atoms. The standard InChI is InChI=1S/C15H26N2/c1-11(2)10-17(5)15(9-16)14-7-6-12(3)13(4)8-14/h6-8,11,15H,9-10,16H2,1-5H3. The van der Waals surface area contributed by atoms with Gasteiger partial charge in [0.1, 0.15) is 0 Å². The van der Waals surface area contributed by atoms with Crippen molar-refractivity contribution in [2.45, 2.75) is 33.7 Å². The fraction of sp³-hybridized carbons (Fsp3) is 0.600. The first-order valence-electron chi connectivity index (χ1n) is 6.43. The van der Waals surface area contributed by atoms with Crippen LogP contribution in [0.5, 0.6) is 0 Å². The summed E-state index contributed by atoms with van der Waals surface area (Å²) in [6.45, 7) is 10.5. The smallest absolute Gasteiger partial charge is 0.0467 e. The molecule has 1 rings (SSSR count). The van der Waals surface area contributed by atoms with Crippen molar-refractivity contribution in [3.8, 4) is 0 Å². The van der Waals surface area contributed by atoms with Gasteiger partial charge in [-0.2, -0.15) is 0 Å². The van der Waals surface area contributed by atoms with E-state index in [2.05, 4.69) is 57.8 Å². The Labute approximate surface area is 106 Å². The molecular weight excluding hydrogens is 208 g/mol. The van der Waals surface area contributed by atoms with Crippen LogP contribution in [0.2, 0.25) is 0 Å². The van der Waals surface area contributed by atoms with Gasteiger partial charge in [0.25, 0.3) is 0 Å². The lowest BCUT2D eigenvalue weighted by Crippen LogP contribution is -2.33. The van der Waals surface area contributed by atoms with E-state index in [0.717, 1.165) is 6.54 Å². The minimum atomic E-state index is 0.330.